The van der Waals surface area contributed by atoms with Crippen LogP contribution in [0.4, 0.5) is 5.13 Å². The molecule has 4 nitrogen and oxygen atoms in total. The Kier molecular flexibility index (Phi) is 3.35. The van der Waals surface area contributed by atoms with E-state index in [2.05, 4.69) is 22.0 Å². The molecule has 0 aliphatic heterocycles. The summed E-state index contributed by atoms with van der Waals surface area (Å²) in [6.07, 6.45) is 2.29. The molecule has 1 aromatic heterocycles. The number of nitrogens with one attached hydrogen (secondary N) is 1. The zero-order chi connectivity index (χ0) is 11.7. The first kappa shape index (κ1) is 11.7. The molecule has 2 rings (SSSR count). The molecule has 0 bridgehead atoms. The molecule has 16 heavy (non-hydrogen) atoms. The van der Waals surface area contributed by atoms with Crippen LogP contribution in [0.25, 0.3) is 0 Å². The van der Waals surface area contributed by atoms with E-state index in [0.29, 0.717) is 16.1 Å². The number of rotatable bonds is 3. The third kappa shape index (κ3) is 2.30. The summed E-state index contributed by atoms with van der Waals surface area (Å²) < 4.78 is 4.61. The van der Waals surface area contributed by atoms with Crippen molar-refractivity contribution in [3.05, 3.63) is 10.0 Å². The van der Waals surface area contributed by atoms with Gasteiger partial charge >= 0.3 is 5.97 Å². The number of halogens is 1. The Morgan fingerprint density at radius 2 is 2.31 bits per heavy atom. The molecule has 1 aromatic rings. The highest BCUT2D eigenvalue weighted by atomic mass is 35.5. The van der Waals surface area contributed by atoms with E-state index in [4.69, 9.17) is 11.6 Å². The van der Waals surface area contributed by atoms with Crippen molar-refractivity contribution in [2.24, 2.45) is 5.92 Å². The van der Waals surface area contributed by atoms with Crippen molar-refractivity contribution in [2.75, 3.05) is 12.4 Å². The number of carbonyl (C=O) groups excluding carboxylic acids is 1. The quantitative estimate of drug-likeness (QED) is 0.849. The summed E-state index contributed by atoms with van der Waals surface area (Å²) in [5, 5.41) is 4.18. The highest BCUT2D eigenvalue weighted by Crippen LogP contribution is 2.33. The second kappa shape index (κ2) is 4.59. The molecule has 0 aromatic carbocycles. The SMILES string of the molecule is COC(=O)c1sc(NC2CC(C)C2)nc1Cl. The maximum absolute atomic E-state index is 11.3. The fourth-order valence-corrected chi connectivity index (χ4v) is 2.96. The lowest BCUT2D eigenvalue weighted by Gasteiger charge is -2.32. The minimum atomic E-state index is -0.433. The second-order valence-corrected chi connectivity index (χ2v) is 5.41. The van der Waals surface area contributed by atoms with Crippen molar-refractivity contribution in [1.82, 2.24) is 4.98 Å². The fraction of sp³-hybridized carbons (Fsp3) is 0.600. The molecule has 1 aliphatic carbocycles. The molecule has 1 aliphatic rings. The van der Waals surface area contributed by atoms with Crippen molar-refractivity contribution in [3.8, 4) is 0 Å². The van der Waals surface area contributed by atoms with Gasteiger partial charge in [-0.25, -0.2) is 9.78 Å². The molecule has 1 fully saturated rings. The van der Waals surface area contributed by atoms with Gasteiger partial charge in [0, 0.05) is 6.04 Å². The average Bonchev–Trinajstić information content (AvgIpc) is 2.56. The number of thiazole rings is 1. The van der Waals surface area contributed by atoms with Crippen molar-refractivity contribution >= 4 is 34.0 Å². The maximum atomic E-state index is 11.3. The summed E-state index contributed by atoms with van der Waals surface area (Å²) in [6, 6.07) is 0.461. The molecule has 6 heteroatoms. The van der Waals surface area contributed by atoms with E-state index in [-0.39, 0.29) is 5.15 Å². The van der Waals surface area contributed by atoms with Gasteiger partial charge in [-0.1, -0.05) is 29.9 Å². The number of aromatic nitrogens is 1. The van der Waals surface area contributed by atoms with Gasteiger partial charge in [0.1, 0.15) is 0 Å². The van der Waals surface area contributed by atoms with Crippen LogP contribution in [0.2, 0.25) is 5.15 Å². The summed E-state index contributed by atoms with van der Waals surface area (Å²) in [6.45, 7) is 2.22. The van der Waals surface area contributed by atoms with Crippen molar-refractivity contribution < 1.29 is 9.53 Å². The van der Waals surface area contributed by atoms with Crippen LogP contribution in [0.5, 0.6) is 0 Å². The minimum absolute atomic E-state index is 0.215. The molecular formula is C10H13ClN2O2S. The molecule has 0 saturated heterocycles. The van der Waals surface area contributed by atoms with Crippen LogP contribution in [-0.4, -0.2) is 24.1 Å². The Balaban J connectivity index is 2.03. The molecule has 1 saturated carbocycles. The second-order valence-electron chi connectivity index (χ2n) is 4.05. The Hall–Kier alpha value is -0.810. The number of esters is 1. The normalized spacial score (nSPS) is 23.7. The summed E-state index contributed by atoms with van der Waals surface area (Å²) in [7, 11) is 1.33. The number of ether oxygens (including phenoxy) is 1. The van der Waals surface area contributed by atoms with E-state index in [1.54, 1.807) is 0 Å². The Labute approximate surface area is 103 Å². The number of hydrogen-bond donors (Lipinski definition) is 1. The molecule has 0 radical (unpaired) electrons. The Bertz CT molecular complexity index is 402. The molecule has 1 heterocycles. The van der Waals surface area contributed by atoms with Gasteiger partial charge in [0.05, 0.1) is 7.11 Å². The van der Waals surface area contributed by atoms with Gasteiger partial charge < -0.3 is 10.1 Å². The van der Waals surface area contributed by atoms with E-state index in [1.807, 2.05) is 0 Å². The van der Waals surface area contributed by atoms with Crippen LogP contribution in [-0.2, 0) is 4.74 Å². The number of hydrogen-bond acceptors (Lipinski definition) is 5. The molecule has 0 spiro atoms. The van der Waals surface area contributed by atoms with Gasteiger partial charge in [-0.2, -0.15) is 0 Å². The van der Waals surface area contributed by atoms with Crippen LogP contribution in [0.3, 0.4) is 0 Å². The van der Waals surface area contributed by atoms with E-state index < -0.39 is 5.97 Å². The lowest BCUT2D eigenvalue weighted by atomic mass is 9.82. The van der Waals surface area contributed by atoms with Gasteiger partial charge in [0.25, 0.3) is 0 Å². The van der Waals surface area contributed by atoms with Gasteiger partial charge in [-0.3, -0.25) is 0 Å². The van der Waals surface area contributed by atoms with E-state index in [1.165, 1.54) is 18.4 Å². The number of carbonyl (C=O) groups is 1. The van der Waals surface area contributed by atoms with Gasteiger partial charge in [-0.05, 0) is 18.8 Å². The van der Waals surface area contributed by atoms with E-state index in [0.717, 1.165) is 18.8 Å². The van der Waals surface area contributed by atoms with Crippen molar-refractivity contribution in [1.29, 1.82) is 0 Å². The fourth-order valence-electron chi connectivity index (χ4n) is 1.78. The molecule has 0 atom stereocenters. The van der Waals surface area contributed by atoms with Gasteiger partial charge in [0.15, 0.2) is 15.2 Å². The first-order valence-electron chi connectivity index (χ1n) is 5.11. The summed E-state index contributed by atoms with van der Waals surface area (Å²) in [5.74, 6) is 0.338. The lowest BCUT2D eigenvalue weighted by molar-refractivity contribution is 0.0606. The predicted molar refractivity (Wildman–Crippen MR) is 64.3 cm³/mol. The van der Waals surface area contributed by atoms with Gasteiger partial charge in [-0.15, -0.1) is 0 Å². The molecular weight excluding hydrogens is 248 g/mol. The monoisotopic (exact) mass is 260 g/mol. The van der Waals surface area contributed by atoms with Crippen LogP contribution in [0.1, 0.15) is 29.4 Å². The average molecular weight is 261 g/mol. The number of methoxy groups -OCH3 is 1. The zero-order valence-corrected chi connectivity index (χ0v) is 10.7. The van der Waals surface area contributed by atoms with E-state index >= 15 is 0 Å². The third-order valence-corrected chi connectivity index (χ3v) is 4.01. The van der Waals surface area contributed by atoms with Crippen molar-refractivity contribution in [2.45, 2.75) is 25.8 Å². The van der Waals surface area contributed by atoms with Gasteiger partial charge in [0.2, 0.25) is 0 Å². The molecule has 0 amide bonds. The smallest absolute Gasteiger partial charge is 0.351 e. The highest BCUT2D eigenvalue weighted by Gasteiger charge is 2.27. The number of nitrogens with zero attached hydrogens (tertiary/aromatic N) is 1. The largest absolute Gasteiger partial charge is 0.465 e. The molecule has 88 valence electrons. The summed E-state index contributed by atoms with van der Waals surface area (Å²) >= 11 is 7.09. The number of anilines is 1. The first-order valence-corrected chi connectivity index (χ1v) is 6.30. The third-order valence-electron chi connectivity index (χ3n) is 2.66. The lowest BCUT2D eigenvalue weighted by Crippen LogP contribution is -2.33. The Morgan fingerprint density at radius 1 is 1.62 bits per heavy atom. The van der Waals surface area contributed by atoms with Crippen LogP contribution in [0, 0.1) is 5.92 Å². The van der Waals surface area contributed by atoms with Crippen LogP contribution < -0.4 is 5.32 Å². The van der Waals surface area contributed by atoms with Crippen molar-refractivity contribution in [3.63, 3.8) is 0 Å². The maximum Gasteiger partial charge on any atom is 0.351 e. The Morgan fingerprint density at radius 3 is 2.88 bits per heavy atom. The zero-order valence-electron chi connectivity index (χ0n) is 9.12. The predicted octanol–water partition coefficient (Wildman–Crippen LogP) is 2.79. The summed E-state index contributed by atoms with van der Waals surface area (Å²) in [5.41, 5.74) is 0. The minimum Gasteiger partial charge on any atom is -0.465 e. The highest BCUT2D eigenvalue weighted by molar-refractivity contribution is 7.18. The van der Waals surface area contributed by atoms with Crippen LogP contribution in [0.15, 0.2) is 0 Å². The molecule has 1 N–H and O–H groups in total. The standard InChI is InChI=1S/C10H13ClN2O2S/c1-5-3-6(4-5)12-10-13-8(11)7(16-10)9(14)15-2/h5-6H,3-4H2,1-2H3,(H,12,13). The summed E-state index contributed by atoms with van der Waals surface area (Å²) in [4.78, 5) is 15.8. The first-order chi connectivity index (χ1) is 7.60. The van der Waals surface area contributed by atoms with Crippen LogP contribution >= 0.6 is 22.9 Å². The van der Waals surface area contributed by atoms with E-state index in [9.17, 15) is 4.79 Å². The molecule has 0 unspecified atom stereocenters. The topological polar surface area (TPSA) is 51.2 Å².